The summed E-state index contributed by atoms with van der Waals surface area (Å²) >= 11 is 8.78. The van der Waals surface area contributed by atoms with Crippen LogP contribution < -0.4 is 29.6 Å². The van der Waals surface area contributed by atoms with E-state index >= 15 is 0 Å². The largest absolute Gasteiger partial charge is 1.00 e. The van der Waals surface area contributed by atoms with Gasteiger partial charge in [0.1, 0.15) is 0 Å². The fraction of sp³-hybridized carbons (Fsp3) is 0.500. The fourth-order valence-electron chi connectivity index (χ4n) is 0.242. The van der Waals surface area contributed by atoms with E-state index in [1.54, 1.807) is 18.8 Å². The summed E-state index contributed by atoms with van der Waals surface area (Å²) < 4.78 is 2.02. The maximum atomic E-state index is 6.75. The molecule has 0 aliphatic carbocycles. The molecule has 0 aliphatic heterocycles. The molecule has 0 atom stereocenters. The van der Waals surface area contributed by atoms with E-state index in [4.69, 9.17) is 11.1 Å². The molecule has 1 N–H and O–H groups in total. The zero-order valence-corrected chi connectivity index (χ0v) is 12.1. The summed E-state index contributed by atoms with van der Waals surface area (Å²) in [6.07, 6.45) is 0. The number of aryl methyl sites for hydroxylation is 1. The maximum Gasteiger partial charge on any atom is 1.00 e. The van der Waals surface area contributed by atoms with E-state index in [0.717, 1.165) is 0 Å². The van der Waals surface area contributed by atoms with Crippen LogP contribution in [0.3, 0.4) is 0 Å². The Labute approximate surface area is 118 Å². The fourth-order valence-corrected chi connectivity index (χ4v) is 0.324. The van der Waals surface area contributed by atoms with Gasteiger partial charge in [0.05, 0.1) is 5.16 Å². The van der Waals surface area contributed by atoms with Crippen LogP contribution in [0.25, 0.3) is 16.0 Å². The number of H-pyrrole nitrogens is 1. The van der Waals surface area contributed by atoms with E-state index in [2.05, 4.69) is 50.1 Å². The van der Waals surface area contributed by atoms with Crippen LogP contribution in [-0.4, -0.2) is 32.4 Å². The van der Waals surface area contributed by atoms with Gasteiger partial charge in [0.15, 0.2) is 0 Å². The van der Waals surface area contributed by atoms with E-state index in [9.17, 15) is 0 Å². The molecule has 0 saturated carbocycles. The Hall–Kier alpha value is -0.600. The quantitative estimate of drug-likeness (QED) is 0.151. The Balaban J connectivity index is -0.000000158. The Bertz CT molecular complexity index is 370. The van der Waals surface area contributed by atoms with E-state index < -0.39 is 0 Å². The van der Waals surface area contributed by atoms with E-state index in [1.165, 1.54) is 4.91 Å². The number of hydrogen-bond donors (Lipinski definition) is 1. The summed E-state index contributed by atoms with van der Waals surface area (Å²) in [5.41, 5.74) is 13.5. The van der Waals surface area contributed by atoms with Gasteiger partial charge in [0.25, 0.3) is 0 Å². The van der Waals surface area contributed by atoms with Gasteiger partial charge in [-0.3, -0.25) is 4.91 Å². The van der Waals surface area contributed by atoms with Crippen molar-refractivity contribution in [2.24, 2.45) is 12.0 Å². The standard InChI is InChI=1S/C2H4N4S.C2H3NS.N3.Na/c1-6-2(7)3-4-5-6;1-3-2-4;1-3-2;/h1H3,(H,3,5,7);1H3;;/q;;-1;+1. The molecule has 0 aliphatic rings. The molecule has 0 radical (unpaired) electrons. The van der Waals surface area contributed by atoms with Crippen molar-refractivity contribution in [1.29, 1.82) is 0 Å². The number of aromatic amines is 1. The molecule has 15 heavy (non-hydrogen) atoms. The van der Waals surface area contributed by atoms with Crippen molar-refractivity contribution < 1.29 is 29.6 Å². The predicted octanol–water partition coefficient (Wildman–Crippen LogP) is -1.54. The van der Waals surface area contributed by atoms with E-state index in [-0.39, 0.29) is 29.6 Å². The third-order valence-electron chi connectivity index (χ3n) is 0.708. The minimum absolute atomic E-state index is 0. The van der Waals surface area contributed by atoms with Crippen molar-refractivity contribution in [2.45, 2.75) is 0 Å². The number of nitrogens with one attached hydrogen (secondary N) is 1. The first kappa shape index (κ1) is 19.9. The molecular formula is C4H7N8NaS2. The number of nitrogens with zero attached hydrogens (tertiary/aromatic N) is 7. The van der Waals surface area contributed by atoms with E-state index in [0.29, 0.717) is 4.77 Å². The Kier molecular flexibility index (Phi) is 21.0. The van der Waals surface area contributed by atoms with Crippen LogP contribution >= 0.6 is 24.4 Å². The second-order valence-electron chi connectivity index (χ2n) is 1.55. The molecule has 76 valence electrons. The zero-order valence-electron chi connectivity index (χ0n) is 8.45. The van der Waals surface area contributed by atoms with Crippen LogP contribution in [0.5, 0.6) is 0 Å². The Morgan fingerprint density at radius 3 is 2.07 bits per heavy atom. The second kappa shape index (κ2) is 15.9. The topological polar surface area (TPSA) is 118 Å². The third-order valence-corrected chi connectivity index (χ3v) is 1.25. The van der Waals surface area contributed by atoms with Gasteiger partial charge in [-0.25, -0.2) is 9.67 Å². The minimum Gasteiger partial charge on any atom is -0.373 e. The average Bonchev–Trinajstić information content (AvgIpc) is 2.53. The minimum atomic E-state index is 0. The molecule has 1 rings (SSSR count). The first-order valence-electron chi connectivity index (χ1n) is 3.02. The van der Waals surface area contributed by atoms with Crippen molar-refractivity contribution in [2.75, 3.05) is 7.05 Å². The first-order chi connectivity index (χ1) is 6.63. The normalized spacial score (nSPS) is 6.00. The van der Waals surface area contributed by atoms with Gasteiger partial charge < -0.3 is 11.1 Å². The molecule has 8 nitrogen and oxygen atoms in total. The molecule has 1 aromatic rings. The molecule has 0 saturated heterocycles. The van der Waals surface area contributed by atoms with Gasteiger partial charge in [-0.2, -0.15) is 5.21 Å². The molecule has 0 amide bonds. The number of aliphatic imine (C=N–C) groups is 1. The Morgan fingerprint density at radius 2 is 2.00 bits per heavy atom. The maximum absolute atomic E-state index is 6.75. The Morgan fingerprint density at radius 1 is 1.60 bits per heavy atom. The van der Waals surface area contributed by atoms with Gasteiger partial charge in [0.2, 0.25) is 4.77 Å². The molecule has 11 heteroatoms. The summed E-state index contributed by atoms with van der Waals surface area (Å²) in [4.78, 5) is 4.80. The SMILES string of the molecule is CN=C=S.Cn1[nH]nnc1=S.[N-]=[N+]=[N-].[Na+]. The summed E-state index contributed by atoms with van der Waals surface area (Å²) in [6.45, 7) is 0. The molecule has 0 bridgehead atoms. The molecule has 0 fully saturated rings. The van der Waals surface area contributed by atoms with Gasteiger partial charge in [-0.15, -0.1) is 0 Å². The number of isothiocyanates is 1. The van der Waals surface area contributed by atoms with Crippen LogP contribution in [0.15, 0.2) is 4.99 Å². The van der Waals surface area contributed by atoms with Gasteiger partial charge in [-0.05, 0) is 24.4 Å². The van der Waals surface area contributed by atoms with Crippen LogP contribution in [0.1, 0.15) is 0 Å². The molecule has 1 aromatic heterocycles. The van der Waals surface area contributed by atoms with Crippen molar-refractivity contribution in [3.8, 4) is 0 Å². The van der Waals surface area contributed by atoms with Crippen molar-refractivity contribution in [3.63, 3.8) is 0 Å². The van der Waals surface area contributed by atoms with Crippen LogP contribution in [-0.2, 0) is 7.05 Å². The van der Waals surface area contributed by atoms with Crippen molar-refractivity contribution in [3.05, 3.63) is 20.7 Å². The summed E-state index contributed by atoms with van der Waals surface area (Å²) in [7, 11) is 3.34. The van der Waals surface area contributed by atoms with Crippen molar-refractivity contribution in [1.82, 2.24) is 20.2 Å². The predicted molar refractivity (Wildman–Crippen MR) is 57.2 cm³/mol. The number of thiocarbonyl (C=S) groups is 1. The molecule has 0 spiro atoms. The van der Waals surface area contributed by atoms with Crippen LogP contribution in [0.4, 0.5) is 0 Å². The van der Waals surface area contributed by atoms with Crippen LogP contribution in [0.2, 0.25) is 0 Å². The average molecular weight is 254 g/mol. The molecule has 0 aromatic carbocycles. The smallest absolute Gasteiger partial charge is 0.373 e. The van der Waals surface area contributed by atoms with Crippen LogP contribution in [0, 0.1) is 4.77 Å². The summed E-state index contributed by atoms with van der Waals surface area (Å²) in [6, 6.07) is 0. The number of hydrogen-bond acceptors (Lipinski definition) is 5. The number of aromatic nitrogens is 4. The number of tetrazole rings is 1. The van der Waals surface area contributed by atoms with Gasteiger partial charge >= 0.3 is 29.6 Å². The molecular weight excluding hydrogens is 247 g/mol. The second-order valence-corrected chi connectivity index (χ2v) is 2.09. The van der Waals surface area contributed by atoms with Gasteiger partial charge in [0, 0.05) is 14.1 Å². The molecule has 1 heterocycles. The summed E-state index contributed by atoms with van der Waals surface area (Å²) in [5, 5.41) is 11.6. The zero-order chi connectivity index (χ0) is 11.4. The third kappa shape index (κ3) is 16.1. The van der Waals surface area contributed by atoms with E-state index in [1.807, 2.05) is 0 Å². The summed E-state index contributed by atoms with van der Waals surface area (Å²) in [5.74, 6) is 0. The van der Waals surface area contributed by atoms with Gasteiger partial charge in [-0.1, -0.05) is 10.3 Å². The first-order valence-corrected chi connectivity index (χ1v) is 3.84. The molecule has 0 unspecified atom stereocenters. The number of rotatable bonds is 0. The monoisotopic (exact) mass is 254 g/mol. The van der Waals surface area contributed by atoms with Crippen molar-refractivity contribution >= 4 is 29.6 Å².